The molecular formula is C13H19BrFNO2S. The fraction of sp³-hybridized carbons (Fsp3) is 0.538. The van der Waals surface area contributed by atoms with Gasteiger partial charge < -0.3 is 0 Å². The van der Waals surface area contributed by atoms with E-state index in [9.17, 15) is 12.8 Å². The van der Waals surface area contributed by atoms with Gasteiger partial charge in [0.05, 0.1) is 4.90 Å². The molecular weight excluding hydrogens is 333 g/mol. The minimum absolute atomic E-state index is 0.177. The summed E-state index contributed by atoms with van der Waals surface area (Å²) in [4.78, 5) is 0.474. The number of sulfonamides is 1. The van der Waals surface area contributed by atoms with Gasteiger partial charge in [0.2, 0.25) is 10.0 Å². The van der Waals surface area contributed by atoms with Crippen LogP contribution in [0.3, 0.4) is 0 Å². The van der Waals surface area contributed by atoms with Gasteiger partial charge in [0.25, 0.3) is 0 Å². The third-order valence-corrected chi connectivity index (χ3v) is 5.76. The third kappa shape index (κ3) is 4.54. The van der Waals surface area contributed by atoms with Crippen LogP contribution in [-0.4, -0.2) is 19.8 Å². The first-order valence-corrected chi connectivity index (χ1v) is 8.58. The number of rotatable bonds is 6. The van der Waals surface area contributed by atoms with E-state index < -0.39 is 15.8 Å². The minimum Gasteiger partial charge on any atom is -0.211 e. The van der Waals surface area contributed by atoms with Crippen LogP contribution < -0.4 is 4.72 Å². The fourth-order valence-corrected chi connectivity index (χ4v) is 3.67. The second-order valence-electron chi connectivity index (χ2n) is 4.56. The highest BCUT2D eigenvalue weighted by Gasteiger charge is 2.20. The minimum atomic E-state index is -3.58. The Hall–Kier alpha value is -0.460. The van der Waals surface area contributed by atoms with E-state index in [-0.39, 0.29) is 4.90 Å². The Kier molecular flexibility index (Phi) is 5.95. The SMILES string of the molecule is CCC(Br)CCNS(=O)(=O)c1c(C)cc(F)cc1C. The molecule has 1 N–H and O–H groups in total. The molecule has 1 aromatic carbocycles. The highest BCUT2D eigenvalue weighted by atomic mass is 79.9. The van der Waals surface area contributed by atoms with E-state index in [4.69, 9.17) is 0 Å². The van der Waals surface area contributed by atoms with Crippen LogP contribution in [0.25, 0.3) is 0 Å². The number of benzene rings is 1. The second kappa shape index (κ2) is 6.81. The van der Waals surface area contributed by atoms with Crippen molar-refractivity contribution < 1.29 is 12.8 Å². The Bertz CT molecular complexity index is 523. The summed E-state index contributed by atoms with van der Waals surface area (Å²) in [7, 11) is -3.58. The summed E-state index contributed by atoms with van der Waals surface area (Å²) < 4.78 is 40.2. The van der Waals surface area contributed by atoms with Crippen molar-refractivity contribution in [2.75, 3.05) is 6.54 Å². The molecule has 1 rings (SSSR count). The zero-order valence-corrected chi connectivity index (χ0v) is 13.7. The first kappa shape index (κ1) is 16.6. The van der Waals surface area contributed by atoms with Gasteiger partial charge >= 0.3 is 0 Å². The van der Waals surface area contributed by atoms with Crippen molar-refractivity contribution in [2.45, 2.75) is 43.3 Å². The Labute approximate surface area is 122 Å². The van der Waals surface area contributed by atoms with E-state index in [1.807, 2.05) is 6.92 Å². The first-order valence-electron chi connectivity index (χ1n) is 6.18. The lowest BCUT2D eigenvalue weighted by Gasteiger charge is -2.13. The van der Waals surface area contributed by atoms with Crippen LogP contribution in [0.1, 0.15) is 30.9 Å². The van der Waals surface area contributed by atoms with Crippen molar-refractivity contribution >= 4 is 26.0 Å². The standard InChI is InChI=1S/C13H19BrFNO2S/c1-4-11(14)5-6-16-19(17,18)13-9(2)7-12(15)8-10(13)3/h7-8,11,16H,4-6H2,1-3H3. The molecule has 0 saturated heterocycles. The number of hydrogen-bond acceptors (Lipinski definition) is 2. The Morgan fingerprint density at radius 3 is 2.32 bits per heavy atom. The number of aryl methyl sites for hydroxylation is 2. The average Bonchev–Trinajstić information content (AvgIpc) is 2.26. The van der Waals surface area contributed by atoms with Gasteiger partial charge in [-0.3, -0.25) is 0 Å². The highest BCUT2D eigenvalue weighted by Crippen LogP contribution is 2.21. The van der Waals surface area contributed by atoms with E-state index in [2.05, 4.69) is 20.7 Å². The van der Waals surface area contributed by atoms with Crippen molar-refractivity contribution in [3.05, 3.63) is 29.1 Å². The Morgan fingerprint density at radius 1 is 1.32 bits per heavy atom. The maximum absolute atomic E-state index is 13.2. The van der Waals surface area contributed by atoms with Crippen LogP contribution in [0, 0.1) is 19.7 Å². The van der Waals surface area contributed by atoms with Crippen molar-refractivity contribution in [3.63, 3.8) is 0 Å². The van der Waals surface area contributed by atoms with Gasteiger partial charge in [-0.2, -0.15) is 0 Å². The molecule has 0 saturated carbocycles. The smallest absolute Gasteiger partial charge is 0.211 e. The van der Waals surface area contributed by atoms with Gasteiger partial charge in [-0.1, -0.05) is 22.9 Å². The average molecular weight is 352 g/mol. The largest absolute Gasteiger partial charge is 0.241 e. The molecule has 0 fully saturated rings. The lowest BCUT2D eigenvalue weighted by molar-refractivity contribution is 0.575. The summed E-state index contributed by atoms with van der Waals surface area (Å²) in [6.45, 7) is 5.60. The zero-order chi connectivity index (χ0) is 14.6. The molecule has 0 amide bonds. The molecule has 6 heteroatoms. The van der Waals surface area contributed by atoms with Crippen LogP contribution in [0.5, 0.6) is 0 Å². The van der Waals surface area contributed by atoms with Crippen LogP contribution >= 0.6 is 15.9 Å². The molecule has 1 aromatic rings. The van der Waals surface area contributed by atoms with Gasteiger partial charge in [0.15, 0.2) is 0 Å². The van der Waals surface area contributed by atoms with E-state index in [0.29, 0.717) is 22.5 Å². The maximum Gasteiger partial charge on any atom is 0.241 e. The Morgan fingerprint density at radius 2 is 1.84 bits per heavy atom. The van der Waals surface area contributed by atoms with E-state index in [0.717, 1.165) is 12.8 Å². The maximum atomic E-state index is 13.2. The molecule has 0 heterocycles. The zero-order valence-electron chi connectivity index (χ0n) is 11.3. The molecule has 0 radical (unpaired) electrons. The van der Waals surface area contributed by atoms with Gasteiger partial charge in [-0.05, 0) is 49.9 Å². The summed E-state index contributed by atoms with van der Waals surface area (Å²) in [5.74, 6) is -0.416. The molecule has 0 aromatic heterocycles. The van der Waals surface area contributed by atoms with Gasteiger partial charge in [-0.25, -0.2) is 17.5 Å². The second-order valence-corrected chi connectivity index (χ2v) is 7.56. The third-order valence-electron chi connectivity index (χ3n) is 2.89. The van der Waals surface area contributed by atoms with Gasteiger partial charge in [0.1, 0.15) is 5.82 Å². The lowest BCUT2D eigenvalue weighted by atomic mass is 10.1. The number of alkyl halides is 1. The monoisotopic (exact) mass is 351 g/mol. The van der Waals surface area contributed by atoms with E-state index >= 15 is 0 Å². The summed E-state index contributed by atoms with van der Waals surface area (Å²) in [5.41, 5.74) is 0.853. The highest BCUT2D eigenvalue weighted by molar-refractivity contribution is 9.09. The van der Waals surface area contributed by atoms with Crippen LogP contribution in [0.4, 0.5) is 4.39 Å². The molecule has 3 nitrogen and oxygen atoms in total. The Balaban J connectivity index is 2.89. The molecule has 0 spiro atoms. The molecule has 0 aliphatic carbocycles. The fourth-order valence-electron chi connectivity index (χ4n) is 1.95. The molecule has 108 valence electrons. The van der Waals surface area contributed by atoms with Gasteiger partial charge in [-0.15, -0.1) is 0 Å². The molecule has 0 aliphatic heterocycles. The molecule has 1 atom stereocenters. The summed E-state index contributed by atoms with van der Waals surface area (Å²) in [6.07, 6.45) is 1.66. The topological polar surface area (TPSA) is 46.2 Å². The molecule has 0 aliphatic rings. The molecule has 1 unspecified atom stereocenters. The van der Waals surface area contributed by atoms with Crippen molar-refractivity contribution in [3.8, 4) is 0 Å². The summed E-state index contributed by atoms with van der Waals surface area (Å²) in [5, 5.41) is 0. The van der Waals surface area contributed by atoms with Crippen LogP contribution in [0.15, 0.2) is 17.0 Å². The normalized spacial score (nSPS) is 13.5. The van der Waals surface area contributed by atoms with Crippen molar-refractivity contribution in [1.82, 2.24) is 4.72 Å². The number of nitrogens with one attached hydrogen (secondary N) is 1. The lowest BCUT2D eigenvalue weighted by Crippen LogP contribution is -2.27. The van der Waals surface area contributed by atoms with Crippen molar-refractivity contribution in [2.24, 2.45) is 0 Å². The quantitative estimate of drug-likeness (QED) is 0.799. The number of halogens is 2. The predicted octanol–water partition coefficient (Wildman–Crippen LogP) is 3.28. The van der Waals surface area contributed by atoms with E-state index in [1.54, 1.807) is 13.8 Å². The summed E-state index contributed by atoms with van der Waals surface area (Å²) >= 11 is 3.45. The van der Waals surface area contributed by atoms with E-state index in [1.165, 1.54) is 12.1 Å². The van der Waals surface area contributed by atoms with Gasteiger partial charge in [0, 0.05) is 11.4 Å². The molecule has 0 bridgehead atoms. The molecule has 19 heavy (non-hydrogen) atoms. The van der Waals surface area contributed by atoms with Crippen molar-refractivity contribution in [1.29, 1.82) is 0 Å². The van der Waals surface area contributed by atoms with Crippen LogP contribution in [-0.2, 0) is 10.0 Å². The number of hydrogen-bond donors (Lipinski definition) is 1. The summed E-state index contributed by atoms with van der Waals surface area (Å²) in [6, 6.07) is 2.47. The predicted molar refractivity (Wildman–Crippen MR) is 78.7 cm³/mol. The van der Waals surface area contributed by atoms with Crippen LogP contribution in [0.2, 0.25) is 0 Å². The first-order chi connectivity index (χ1) is 8.77.